The van der Waals surface area contributed by atoms with Gasteiger partial charge in [0.15, 0.2) is 4.90 Å². The number of halogens is 3. The molecule has 2 rings (SSSR count). The molecule has 0 amide bonds. The quantitative estimate of drug-likeness (QED) is 0.805. The summed E-state index contributed by atoms with van der Waals surface area (Å²) in [4.78, 5) is -1.04. The first kappa shape index (κ1) is 15.9. The maximum atomic E-state index is 13.7. The highest BCUT2D eigenvalue weighted by Gasteiger charge is 2.24. The summed E-state index contributed by atoms with van der Waals surface area (Å²) in [6.45, 7) is -0.104. The van der Waals surface area contributed by atoms with Crippen molar-refractivity contribution < 1.29 is 17.2 Å². The van der Waals surface area contributed by atoms with Gasteiger partial charge in [-0.05, 0) is 23.8 Å². The van der Waals surface area contributed by atoms with Crippen LogP contribution in [0.3, 0.4) is 0 Å². The summed E-state index contributed by atoms with van der Waals surface area (Å²) in [5, 5.41) is 0. The summed E-state index contributed by atoms with van der Waals surface area (Å²) >= 11 is 3.26. The number of hydrogen-bond donors (Lipinski definition) is 2. The zero-order valence-electron chi connectivity index (χ0n) is 10.6. The van der Waals surface area contributed by atoms with E-state index in [1.807, 2.05) is 0 Å². The predicted molar refractivity (Wildman–Crippen MR) is 78.9 cm³/mol. The molecular formula is C13H11BrF2N2O2S. The molecule has 0 atom stereocenters. The van der Waals surface area contributed by atoms with E-state index in [-0.39, 0.29) is 12.2 Å². The summed E-state index contributed by atoms with van der Waals surface area (Å²) in [5.74, 6) is -2.46. The first-order valence-electron chi connectivity index (χ1n) is 5.79. The number of anilines is 1. The fraction of sp³-hybridized carbons (Fsp3) is 0.0769. The lowest BCUT2D eigenvalue weighted by Gasteiger charge is -2.10. The molecule has 0 aliphatic heterocycles. The van der Waals surface area contributed by atoms with E-state index in [0.717, 1.165) is 12.1 Å². The molecule has 0 fully saturated rings. The van der Waals surface area contributed by atoms with E-state index in [9.17, 15) is 17.2 Å². The molecule has 112 valence electrons. The van der Waals surface area contributed by atoms with E-state index in [0.29, 0.717) is 10.0 Å². The van der Waals surface area contributed by atoms with E-state index < -0.39 is 26.6 Å². The minimum atomic E-state index is -4.33. The fourth-order valence-corrected chi connectivity index (χ4v) is 3.27. The smallest absolute Gasteiger partial charge is 0.246 e. The molecule has 0 aromatic heterocycles. The number of nitrogen functional groups attached to an aromatic ring is 1. The zero-order chi connectivity index (χ0) is 15.6. The largest absolute Gasteiger partial charge is 0.399 e. The second-order valence-electron chi connectivity index (χ2n) is 4.23. The normalized spacial score (nSPS) is 11.6. The molecule has 0 aliphatic rings. The van der Waals surface area contributed by atoms with Crippen LogP contribution in [0.5, 0.6) is 0 Å². The molecule has 4 nitrogen and oxygen atoms in total. The minimum absolute atomic E-state index is 0.104. The number of rotatable bonds is 4. The molecule has 0 saturated carbocycles. The Morgan fingerprint density at radius 3 is 2.29 bits per heavy atom. The molecule has 2 aromatic carbocycles. The topological polar surface area (TPSA) is 72.2 Å². The van der Waals surface area contributed by atoms with Gasteiger partial charge in [0.2, 0.25) is 10.0 Å². The van der Waals surface area contributed by atoms with Crippen LogP contribution in [0.4, 0.5) is 14.5 Å². The summed E-state index contributed by atoms with van der Waals surface area (Å²) in [5.41, 5.74) is 5.71. The maximum absolute atomic E-state index is 13.7. The van der Waals surface area contributed by atoms with Gasteiger partial charge in [-0.2, -0.15) is 0 Å². The van der Waals surface area contributed by atoms with Gasteiger partial charge in [0, 0.05) is 16.7 Å². The molecule has 8 heteroatoms. The Morgan fingerprint density at radius 2 is 1.71 bits per heavy atom. The average molecular weight is 377 g/mol. The van der Waals surface area contributed by atoms with Gasteiger partial charge in [-0.1, -0.05) is 34.1 Å². The third-order valence-electron chi connectivity index (χ3n) is 2.70. The molecule has 2 aromatic rings. The highest BCUT2D eigenvalue weighted by Crippen LogP contribution is 2.22. The zero-order valence-corrected chi connectivity index (χ0v) is 13.0. The van der Waals surface area contributed by atoms with Gasteiger partial charge >= 0.3 is 0 Å². The molecule has 0 heterocycles. The number of sulfonamides is 1. The molecule has 0 spiro atoms. The number of benzene rings is 2. The summed E-state index contributed by atoms with van der Waals surface area (Å²) in [6, 6.07) is 8.42. The summed E-state index contributed by atoms with van der Waals surface area (Å²) in [6.07, 6.45) is 0. The van der Waals surface area contributed by atoms with Gasteiger partial charge in [0.1, 0.15) is 11.6 Å². The monoisotopic (exact) mass is 376 g/mol. The van der Waals surface area contributed by atoms with Crippen molar-refractivity contribution in [1.82, 2.24) is 4.72 Å². The highest BCUT2D eigenvalue weighted by atomic mass is 79.9. The van der Waals surface area contributed by atoms with E-state index in [4.69, 9.17) is 5.73 Å². The van der Waals surface area contributed by atoms with Crippen LogP contribution in [0.15, 0.2) is 45.8 Å². The van der Waals surface area contributed by atoms with Crippen LogP contribution in [0.25, 0.3) is 0 Å². The third kappa shape index (κ3) is 3.58. The van der Waals surface area contributed by atoms with Crippen molar-refractivity contribution in [3.8, 4) is 0 Å². The molecule has 0 aliphatic carbocycles. The van der Waals surface area contributed by atoms with Crippen LogP contribution < -0.4 is 10.5 Å². The Kier molecular flexibility index (Phi) is 4.60. The SMILES string of the molecule is Nc1cc(F)c(S(=O)(=O)NCc2ccccc2Br)c(F)c1. The van der Waals surface area contributed by atoms with E-state index in [1.54, 1.807) is 24.3 Å². The standard InChI is InChI=1S/C13H11BrF2N2O2S/c14-10-4-2-1-3-8(10)7-18-21(19,20)13-11(15)5-9(17)6-12(13)16/h1-6,18H,7,17H2. The highest BCUT2D eigenvalue weighted by molar-refractivity contribution is 9.10. The van der Waals surface area contributed by atoms with Gasteiger partial charge in [0.05, 0.1) is 0 Å². The van der Waals surface area contributed by atoms with Crippen molar-refractivity contribution in [3.05, 3.63) is 58.1 Å². The summed E-state index contributed by atoms with van der Waals surface area (Å²) < 4.78 is 54.2. The molecule has 0 radical (unpaired) electrons. The first-order chi connectivity index (χ1) is 9.81. The molecular weight excluding hydrogens is 366 g/mol. The molecule has 0 bridgehead atoms. The van der Waals surface area contributed by atoms with Gasteiger partial charge in [0.25, 0.3) is 0 Å². The van der Waals surface area contributed by atoms with Crippen molar-refractivity contribution in [1.29, 1.82) is 0 Å². The Hall–Kier alpha value is -1.51. The number of hydrogen-bond acceptors (Lipinski definition) is 3. The molecule has 21 heavy (non-hydrogen) atoms. The summed E-state index contributed by atoms with van der Waals surface area (Å²) in [7, 11) is -4.33. The second-order valence-corrected chi connectivity index (χ2v) is 6.79. The van der Waals surface area contributed by atoms with Crippen LogP contribution in [0, 0.1) is 11.6 Å². The van der Waals surface area contributed by atoms with Crippen molar-refractivity contribution in [2.75, 3.05) is 5.73 Å². The van der Waals surface area contributed by atoms with E-state index in [2.05, 4.69) is 20.7 Å². The lowest BCUT2D eigenvalue weighted by Crippen LogP contribution is -2.25. The lowest BCUT2D eigenvalue weighted by molar-refractivity contribution is 0.514. The van der Waals surface area contributed by atoms with Crippen molar-refractivity contribution in [2.24, 2.45) is 0 Å². The average Bonchev–Trinajstić information content (AvgIpc) is 2.36. The van der Waals surface area contributed by atoms with Crippen LogP contribution in [-0.4, -0.2) is 8.42 Å². The number of nitrogens with one attached hydrogen (secondary N) is 1. The van der Waals surface area contributed by atoms with E-state index >= 15 is 0 Å². The van der Waals surface area contributed by atoms with Gasteiger partial charge in [-0.15, -0.1) is 0 Å². The van der Waals surface area contributed by atoms with Crippen LogP contribution in [-0.2, 0) is 16.6 Å². The van der Waals surface area contributed by atoms with Gasteiger partial charge in [-0.25, -0.2) is 21.9 Å². The lowest BCUT2D eigenvalue weighted by atomic mass is 10.2. The fourth-order valence-electron chi connectivity index (χ4n) is 1.72. The Bertz CT molecular complexity index is 758. The van der Waals surface area contributed by atoms with Crippen molar-refractivity contribution in [2.45, 2.75) is 11.4 Å². The van der Waals surface area contributed by atoms with Gasteiger partial charge in [-0.3, -0.25) is 0 Å². The number of nitrogens with two attached hydrogens (primary N) is 1. The third-order valence-corrected chi connectivity index (χ3v) is 4.93. The minimum Gasteiger partial charge on any atom is -0.399 e. The van der Waals surface area contributed by atoms with Crippen LogP contribution >= 0.6 is 15.9 Å². The van der Waals surface area contributed by atoms with Crippen molar-refractivity contribution >= 4 is 31.6 Å². The molecule has 0 unspecified atom stereocenters. The Morgan fingerprint density at radius 1 is 1.14 bits per heavy atom. The van der Waals surface area contributed by atoms with Crippen LogP contribution in [0.1, 0.15) is 5.56 Å². The Labute approximate surface area is 129 Å². The Balaban J connectivity index is 2.30. The van der Waals surface area contributed by atoms with E-state index in [1.165, 1.54) is 0 Å². The first-order valence-corrected chi connectivity index (χ1v) is 8.06. The van der Waals surface area contributed by atoms with Crippen LogP contribution in [0.2, 0.25) is 0 Å². The predicted octanol–water partition coefficient (Wildman–Crippen LogP) is 2.79. The second kappa shape index (κ2) is 6.08. The van der Waals surface area contributed by atoms with Gasteiger partial charge < -0.3 is 5.73 Å². The van der Waals surface area contributed by atoms with Crippen molar-refractivity contribution in [3.63, 3.8) is 0 Å². The molecule has 0 saturated heterocycles. The maximum Gasteiger partial charge on any atom is 0.246 e. The molecule has 3 N–H and O–H groups in total.